The Morgan fingerprint density at radius 1 is 1.21 bits per heavy atom. The standard InChI is InChI=1S/C25H30ClFN4O3/c1-25(2,3)28-24(33)30(13-14-34-4)16-23(32)31-22(18-10-6-8-12-20(18)27)15-21(29-31)17-9-5-7-11-19(17)26/h5-12,22H,13-16H2,1-4H3,(H,28,33). The van der Waals surface area contributed by atoms with Gasteiger partial charge in [0.25, 0.3) is 5.91 Å². The van der Waals surface area contributed by atoms with Gasteiger partial charge in [0.05, 0.1) is 18.4 Å². The first-order valence-electron chi connectivity index (χ1n) is 11.1. The number of nitrogens with zero attached hydrogens (tertiary/aromatic N) is 3. The van der Waals surface area contributed by atoms with Gasteiger partial charge >= 0.3 is 6.03 Å². The fourth-order valence-corrected chi connectivity index (χ4v) is 3.92. The molecule has 7 nitrogen and oxygen atoms in total. The van der Waals surface area contributed by atoms with Crippen LogP contribution in [0.3, 0.4) is 0 Å². The predicted octanol–water partition coefficient (Wildman–Crippen LogP) is 4.61. The van der Waals surface area contributed by atoms with Crippen LogP contribution in [-0.2, 0) is 9.53 Å². The highest BCUT2D eigenvalue weighted by Crippen LogP contribution is 2.35. The van der Waals surface area contributed by atoms with Crippen molar-refractivity contribution < 1.29 is 18.7 Å². The van der Waals surface area contributed by atoms with Crippen molar-refractivity contribution >= 4 is 29.3 Å². The SMILES string of the molecule is COCCN(CC(=O)N1N=C(c2ccccc2Cl)CC1c1ccccc1F)C(=O)NC(C)(C)C. The molecule has 0 spiro atoms. The Bertz CT molecular complexity index is 1070. The first kappa shape index (κ1) is 25.6. The van der Waals surface area contributed by atoms with Crippen LogP contribution >= 0.6 is 11.6 Å². The Kier molecular flexibility index (Phi) is 8.28. The molecule has 2 aromatic carbocycles. The van der Waals surface area contributed by atoms with Crippen LogP contribution in [-0.4, -0.2) is 59.9 Å². The molecule has 0 aliphatic carbocycles. The Morgan fingerprint density at radius 3 is 2.53 bits per heavy atom. The van der Waals surface area contributed by atoms with Crippen LogP contribution in [0.25, 0.3) is 0 Å². The summed E-state index contributed by atoms with van der Waals surface area (Å²) in [5, 5.41) is 9.17. The fraction of sp³-hybridized carbons (Fsp3) is 0.400. The normalized spacial score (nSPS) is 15.8. The molecule has 1 aliphatic heterocycles. The van der Waals surface area contributed by atoms with Crippen LogP contribution in [0, 0.1) is 5.82 Å². The van der Waals surface area contributed by atoms with Crippen LogP contribution in [0.1, 0.15) is 44.4 Å². The van der Waals surface area contributed by atoms with Crippen molar-refractivity contribution in [3.05, 3.63) is 70.5 Å². The maximum absolute atomic E-state index is 14.7. The second-order valence-electron chi connectivity index (χ2n) is 9.10. The highest BCUT2D eigenvalue weighted by molar-refractivity contribution is 6.34. The van der Waals surface area contributed by atoms with E-state index in [9.17, 15) is 14.0 Å². The molecular weight excluding hydrogens is 459 g/mol. The van der Waals surface area contributed by atoms with E-state index in [0.29, 0.717) is 28.3 Å². The highest BCUT2D eigenvalue weighted by atomic mass is 35.5. The molecule has 182 valence electrons. The summed E-state index contributed by atoms with van der Waals surface area (Å²) >= 11 is 6.37. The van der Waals surface area contributed by atoms with E-state index in [1.54, 1.807) is 30.3 Å². The lowest BCUT2D eigenvalue weighted by Crippen LogP contribution is -2.52. The molecule has 2 aromatic rings. The number of carbonyl (C=O) groups excluding carboxylic acids is 2. The zero-order valence-electron chi connectivity index (χ0n) is 19.8. The largest absolute Gasteiger partial charge is 0.383 e. The summed E-state index contributed by atoms with van der Waals surface area (Å²) in [7, 11) is 1.52. The van der Waals surface area contributed by atoms with Crippen LogP contribution in [0.4, 0.5) is 9.18 Å². The molecule has 9 heteroatoms. The molecule has 0 fully saturated rings. The fourth-order valence-electron chi connectivity index (χ4n) is 3.68. The third-order valence-electron chi connectivity index (χ3n) is 5.28. The lowest BCUT2D eigenvalue weighted by atomic mass is 9.98. The second kappa shape index (κ2) is 11.0. The molecule has 1 heterocycles. The minimum Gasteiger partial charge on any atom is -0.383 e. The van der Waals surface area contributed by atoms with Crippen molar-refractivity contribution in [3.8, 4) is 0 Å². The number of urea groups is 1. The lowest BCUT2D eigenvalue weighted by Gasteiger charge is -2.30. The van der Waals surface area contributed by atoms with E-state index >= 15 is 0 Å². The predicted molar refractivity (Wildman–Crippen MR) is 130 cm³/mol. The van der Waals surface area contributed by atoms with Crippen molar-refractivity contribution in [3.63, 3.8) is 0 Å². The Labute approximate surface area is 204 Å². The van der Waals surface area contributed by atoms with Crippen LogP contribution < -0.4 is 5.32 Å². The summed E-state index contributed by atoms with van der Waals surface area (Å²) in [5.41, 5.74) is 1.13. The van der Waals surface area contributed by atoms with Crippen molar-refractivity contribution in [1.82, 2.24) is 15.2 Å². The van der Waals surface area contributed by atoms with Crippen LogP contribution in [0.2, 0.25) is 5.02 Å². The molecule has 1 atom stereocenters. The van der Waals surface area contributed by atoms with Gasteiger partial charge in [0, 0.05) is 41.8 Å². The summed E-state index contributed by atoms with van der Waals surface area (Å²) in [4.78, 5) is 27.6. The van der Waals surface area contributed by atoms with Crippen molar-refractivity contribution in [2.75, 3.05) is 26.8 Å². The van der Waals surface area contributed by atoms with E-state index in [2.05, 4.69) is 10.4 Å². The molecule has 3 rings (SSSR count). The smallest absolute Gasteiger partial charge is 0.318 e. The number of nitrogens with one attached hydrogen (secondary N) is 1. The third-order valence-corrected chi connectivity index (χ3v) is 5.61. The summed E-state index contributed by atoms with van der Waals surface area (Å²) < 4.78 is 19.8. The Balaban J connectivity index is 1.92. The topological polar surface area (TPSA) is 74.2 Å². The average Bonchev–Trinajstić information content (AvgIpc) is 3.21. The van der Waals surface area contributed by atoms with Crippen molar-refractivity contribution in [2.24, 2.45) is 5.10 Å². The van der Waals surface area contributed by atoms with Gasteiger partial charge in [0.2, 0.25) is 0 Å². The van der Waals surface area contributed by atoms with Gasteiger partial charge < -0.3 is 15.0 Å². The number of hydrazone groups is 1. The van der Waals surface area contributed by atoms with Crippen LogP contribution in [0.5, 0.6) is 0 Å². The number of rotatable bonds is 7. The van der Waals surface area contributed by atoms with E-state index in [0.717, 1.165) is 0 Å². The van der Waals surface area contributed by atoms with Gasteiger partial charge in [-0.15, -0.1) is 0 Å². The number of methoxy groups -OCH3 is 1. The molecule has 0 radical (unpaired) electrons. The quantitative estimate of drug-likeness (QED) is 0.618. The maximum Gasteiger partial charge on any atom is 0.318 e. The number of carbonyl (C=O) groups is 2. The van der Waals surface area contributed by atoms with Gasteiger partial charge in [-0.3, -0.25) is 4.79 Å². The number of hydrogen-bond acceptors (Lipinski definition) is 4. The molecule has 0 saturated heterocycles. The zero-order valence-corrected chi connectivity index (χ0v) is 20.6. The first-order chi connectivity index (χ1) is 16.1. The average molecular weight is 489 g/mol. The van der Waals surface area contributed by atoms with E-state index in [4.69, 9.17) is 16.3 Å². The van der Waals surface area contributed by atoms with Gasteiger partial charge in [0.15, 0.2) is 0 Å². The molecule has 34 heavy (non-hydrogen) atoms. The van der Waals surface area contributed by atoms with Crippen molar-refractivity contribution in [1.29, 1.82) is 0 Å². The molecule has 0 saturated carbocycles. The van der Waals surface area contributed by atoms with Gasteiger partial charge in [-0.05, 0) is 32.9 Å². The molecule has 0 bridgehead atoms. The number of amides is 3. The zero-order chi connectivity index (χ0) is 24.9. The van der Waals surface area contributed by atoms with E-state index in [1.807, 2.05) is 32.9 Å². The van der Waals surface area contributed by atoms with Crippen molar-refractivity contribution in [2.45, 2.75) is 38.8 Å². The van der Waals surface area contributed by atoms with E-state index < -0.39 is 29.3 Å². The minimum atomic E-state index is -0.657. The summed E-state index contributed by atoms with van der Waals surface area (Å²) in [6.45, 7) is 5.80. The first-order valence-corrected chi connectivity index (χ1v) is 11.4. The van der Waals surface area contributed by atoms with E-state index in [-0.39, 0.29) is 19.7 Å². The van der Waals surface area contributed by atoms with Crippen LogP contribution in [0.15, 0.2) is 53.6 Å². The summed E-state index contributed by atoms with van der Waals surface area (Å²) in [5.74, 6) is -0.863. The van der Waals surface area contributed by atoms with E-state index in [1.165, 1.54) is 23.1 Å². The number of benzene rings is 2. The molecule has 3 amide bonds. The maximum atomic E-state index is 14.7. The highest BCUT2D eigenvalue weighted by Gasteiger charge is 2.36. The Hall–Kier alpha value is -2.97. The molecule has 1 N–H and O–H groups in total. The molecule has 1 aliphatic rings. The third kappa shape index (κ3) is 6.33. The molecule has 0 aromatic heterocycles. The van der Waals surface area contributed by atoms with Gasteiger partial charge in [-0.25, -0.2) is 14.2 Å². The minimum absolute atomic E-state index is 0.212. The van der Waals surface area contributed by atoms with Gasteiger partial charge in [-0.1, -0.05) is 48.0 Å². The monoisotopic (exact) mass is 488 g/mol. The lowest BCUT2D eigenvalue weighted by molar-refractivity contribution is -0.133. The van der Waals surface area contributed by atoms with Gasteiger partial charge in [-0.2, -0.15) is 5.10 Å². The molecular formula is C25H30ClFN4O3. The van der Waals surface area contributed by atoms with Gasteiger partial charge in [0.1, 0.15) is 12.4 Å². The Morgan fingerprint density at radius 2 is 1.88 bits per heavy atom. The second-order valence-corrected chi connectivity index (χ2v) is 9.51. The number of hydrogen-bond donors (Lipinski definition) is 1. The number of ether oxygens (including phenoxy) is 1. The molecule has 1 unspecified atom stereocenters. The number of halogens is 2. The summed E-state index contributed by atoms with van der Waals surface area (Å²) in [6.07, 6.45) is 0.294. The summed E-state index contributed by atoms with van der Waals surface area (Å²) in [6, 6.07) is 12.4.